The molecule has 2 N–H and O–H groups in total. The van der Waals surface area contributed by atoms with Gasteiger partial charge in [0.05, 0.1) is 11.3 Å². The fourth-order valence-corrected chi connectivity index (χ4v) is 2.55. The third kappa shape index (κ3) is 3.46. The first-order valence-electron chi connectivity index (χ1n) is 6.76. The molecule has 0 unspecified atom stereocenters. The standard InChI is InChI=1S/C15H21N3O/c1-18(11-12-4-6-19-7-5-12)15-3-2-13(9-16)8-14(15)10-17/h2-3,8,12H,4-7,9,11,16H2,1H3. The van der Waals surface area contributed by atoms with Gasteiger partial charge in [0, 0.05) is 33.4 Å². The van der Waals surface area contributed by atoms with Crippen LogP contribution in [0.15, 0.2) is 18.2 Å². The lowest BCUT2D eigenvalue weighted by atomic mass is 9.99. The fraction of sp³-hybridized carbons (Fsp3) is 0.533. The van der Waals surface area contributed by atoms with Crippen LogP contribution in [-0.2, 0) is 11.3 Å². The Kier molecular flexibility index (Phi) is 4.78. The second-order valence-corrected chi connectivity index (χ2v) is 5.10. The molecular formula is C15H21N3O. The molecule has 19 heavy (non-hydrogen) atoms. The molecule has 102 valence electrons. The van der Waals surface area contributed by atoms with E-state index in [9.17, 15) is 5.26 Å². The molecule has 1 aromatic carbocycles. The van der Waals surface area contributed by atoms with Crippen LogP contribution < -0.4 is 10.6 Å². The van der Waals surface area contributed by atoms with E-state index in [1.165, 1.54) is 0 Å². The van der Waals surface area contributed by atoms with E-state index in [0.29, 0.717) is 18.0 Å². The quantitative estimate of drug-likeness (QED) is 0.896. The maximum absolute atomic E-state index is 9.26. The number of rotatable bonds is 4. The third-order valence-corrected chi connectivity index (χ3v) is 3.70. The van der Waals surface area contributed by atoms with Crippen LogP contribution in [0.2, 0.25) is 0 Å². The monoisotopic (exact) mass is 259 g/mol. The molecule has 1 aliphatic rings. The third-order valence-electron chi connectivity index (χ3n) is 3.70. The Labute approximate surface area is 114 Å². The van der Waals surface area contributed by atoms with Gasteiger partial charge in [-0.15, -0.1) is 0 Å². The highest BCUT2D eigenvalue weighted by Crippen LogP contribution is 2.23. The largest absolute Gasteiger partial charge is 0.381 e. The van der Waals surface area contributed by atoms with Gasteiger partial charge < -0.3 is 15.4 Å². The molecule has 1 fully saturated rings. The lowest BCUT2D eigenvalue weighted by molar-refractivity contribution is 0.0685. The van der Waals surface area contributed by atoms with E-state index < -0.39 is 0 Å². The average Bonchev–Trinajstić information content (AvgIpc) is 2.47. The second-order valence-electron chi connectivity index (χ2n) is 5.10. The minimum absolute atomic E-state index is 0.471. The average molecular weight is 259 g/mol. The van der Waals surface area contributed by atoms with Gasteiger partial charge in [0.15, 0.2) is 0 Å². The summed E-state index contributed by atoms with van der Waals surface area (Å²) in [4.78, 5) is 2.18. The Hall–Kier alpha value is -1.57. The number of nitrogens with zero attached hydrogens (tertiary/aromatic N) is 2. The highest BCUT2D eigenvalue weighted by molar-refractivity contribution is 5.60. The molecule has 1 saturated heterocycles. The molecule has 0 radical (unpaired) electrons. The second kappa shape index (κ2) is 6.55. The van der Waals surface area contributed by atoms with E-state index >= 15 is 0 Å². The van der Waals surface area contributed by atoms with E-state index in [1.54, 1.807) is 0 Å². The van der Waals surface area contributed by atoms with Gasteiger partial charge in [0.25, 0.3) is 0 Å². The van der Waals surface area contributed by atoms with E-state index in [2.05, 4.69) is 11.0 Å². The van der Waals surface area contributed by atoms with Gasteiger partial charge >= 0.3 is 0 Å². The van der Waals surface area contributed by atoms with Crippen LogP contribution in [-0.4, -0.2) is 26.8 Å². The van der Waals surface area contributed by atoms with Crippen molar-refractivity contribution >= 4 is 5.69 Å². The summed E-state index contributed by atoms with van der Waals surface area (Å²) < 4.78 is 5.38. The summed E-state index contributed by atoms with van der Waals surface area (Å²) in [6.45, 7) is 3.16. The SMILES string of the molecule is CN(CC1CCOCC1)c1ccc(CN)cc1C#N. The number of nitrogens with two attached hydrogens (primary N) is 1. The van der Waals surface area contributed by atoms with Crippen molar-refractivity contribution in [3.05, 3.63) is 29.3 Å². The van der Waals surface area contributed by atoms with Crippen LogP contribution >= 0.6 is 0 Å². The summed E-state index contributed by atoms with van der Waals surface area (Å²) in [6, 6.07) is 8.15. The lowest BCUT2D eigenvalue weighted by Gasteiger charge is -2.29. The number of ether oxygens (including phenoxy) is 1. The minimum atomic E-state index is 0.471. The Balaban J connectivity index is 2.09. The molecule has 0 atom stereocenters. The molecule has 0 aromatic heterocycles. The molecule has 0 aliphatic carbocycles. The molecule has 1 heterocycles. The summed E-state index contributed by atoms with van der Waals surface area (Å²) in [5.41, 5.74) is 8.31. The number of hydrogen-bond acceptors (Lipinski definition) is 4. The van der Waals surface area contributed by atoms with Gasteiger partial charge in [-0.3, -0.25) is 0 Å². The first kappa shape index (κ1) is 13.9. The van der Waals surface area contributed by atoms with Crippen LogP contribution in [0.25, 0.3) is 0 Å². The van der Waals surface area contributed by atoms with Gasteiger partial charge in [0.1, 0.15) is 6.07 Å². The molecule has 2 rings (SSSR count). The first-order valence-corrected chi connectivity index (χ1v) is 6.76. The van der Waals surface area contributed by atoms with Crippen LogP contribution in [0, 0.1) is 17.2 Å². The first-order chi connectivity index (χ1) is 9.24. The van der Waals surface area contributed by atoms with Crippen molar-refractivity contribution in [3.8, 4) is 6.07 Å². The number of hydrogen-bond donors (Lipinski definition) is 1. The zero-order valence-electron chi connectivity index (χ0n) is 11.4. The van der Waals surface area contributed by atoms with E-state index in [0.717, 1.165) is 43.9 Å². The Morgan fingerprint density at radius 2 is 2.16 bits per heavy atom. The van der Waals surface area contributed by atoms with Crippen molar-refractivity contribution in [2.24, 2.45) is 11.7 Å². The molecular weight excluding hydrogens is 238 g/mol. The maximum atomic E-state index is 9.26. The van der Waals surface area contributed by atoms with E-state index in [1.807, 2.05) is 25.2 Å². The Morgan fingerprint density at radius 1 is 1.42 bits per heavy atom. The molecule has 4 heteroatoms. The summed E-state index contributed by atoms with van der Waals surface area (Å²) in [6.07, 6.45) is 2.21. The van der Waals surface area contributed by atoms with Crippen LogP contribution in [0.4, 0.5) is 5.69 Å². The summed E-state index contributed by atoms with van der Waals surface area (Å²) >= 11 is 0. The molecule has 0 spiro atoms. The summed E-state index contributed by atoms with van der Waals surface area (Å²) in [5, 5.41) is 9.26. The van der Waals surface area contributed by atoms with E-state index in [-0.39, 0.29) is 0 Å². The number of anilines is 1. The zero-order valence-corrected chi connectivity index (χ0v) is 11.4. The highest BCUT2D eigenvalue weighted by atomic mass is 16.5. The van der Waals surface area contributed by atoms with Crippen LogP contribution in [0.3, 0.4) is 0 Å². The molecule has 0 bridgehead atoms. The van der Waals surface area contributed by atoms with Gasteiger partial charge in [-0.25, -0.2) is 0 Å². The van der Waals surface area contributed by atoms with Crippen molar-refractivity contribution in [2.75, 3.05) is 31.7 Å². The fourth-order valence-electron chi connectivity index (χ4n) is 2.55. The van der Waals surface area contributed by atoms with Crippen molar-refractivity contribution in [1.29, 1.82) is 5.26 Å². The predicted molar refractivity (Wildman–Crippen MR) is 75.9 cm³/mol. The number of benzene rings is 1. The Bertz CT molecular complexity index is 461. The van der Waals surface area contributed by atoms with Crippen molar-refractivity contribution in [2.45, 2.75) is 19.4 Å². The van der Waals surface area contributed by atoms with Gasteiger partial charge in [-0.1, -0.05) is 6.07 Å². The van der Waals surface area contributed by atoms with Crippen LogP contribution in [0.1, 0.15) is 24.0 Å². The topological polar surface area (TPSA) is 62.3 Å². The zero-order chi connectivity index (χ0) is 13.7. The van der Waals surface area contributed by atoms with E-state index in [4.69, 9.17) is 10.5 Å². The number of nitriles is 1. The molecule has 0 saturated carbocycles. The maximum Gasteiger partial charge on any atom is 0.101 e. The Morgan fingerprint density at radius 3 is 2.79 bits per heavy atom. The molecule has 0 amide bonds. The lowest BCUT2D eigenvalue weighted by Crippen LogP contribution is -2.30. The predicted octanol–water partition coefficient (Wildman–Crippen LogP) is 1.88. The van der Waals surface area contributed by atoms with Gasteiger partial charge in [0.2, 0.25) is 0 Å². The van der Waals surface area contributed by atoms with Crippen molar-refractivity contribution in [3.63, 3.8) is 0 Å². The molecule has 1 aromatic rings. The van der Waals surface area contributed by atoms with Gasteiger partial charge in [-0.2, -0.15) is 5.26 Å². The smallest absolute Gasteiger partial charge is 0.101 e. The van der Waals surface area contributed by atoms with Crippen molar-refractivity contribution < 1.29 is 4.74 Å². The van der Waals surface area contributed by atoms with Gasteiger partial charge in [-0.05, 0) is 36.5 Å². The van der Waals surface area contributed by atoms with Crippen molar-refractivity contribution in [1.82, 2.24) is 0 Å². The summed E-state index contributed by atoms with van der Waals surface area (Å²) in [5.74, 6) is 0.652. The minimum Gasteiger partial charge on any atom is -0.381 e. The van der Waals surface area contributed by atoms with Crippen LogP contribution in [0.5, 0.6) is 0 Å². The highest BCUT2D eigenvalue weighted by Gasteiger charge is 2.17. The summed E-state index contributed by atoms with van der Waals surface area (Å²) in [7, 11) is 2.05. The molecule has 4 nitrogen and oxygen atoms in total. The normalized spacial score (nSPS) is 16.1. The molecule has 1 aliphatic heterocycles.